The second kappa shape index (κ2) is 10.6. The average Bonchev–Trinajstić information content (AvgIpc) is 3.35. The third-order valence-electron chi connectivity index (χ3n) is 4.24. The molecule has 0 unspecified atom stereocenters. The van der Waals surface area contributed by atoms with Crippen molar-refractivity contribution in [2.45, 2.75) is 13.5 Å². The van der Waals surface area contributed by atoms with Crippen LogP contribution in [0.5, 0.6) is 11.5 Å². The lowest BCUT2D eigenvalue weighted by molar-refractivity contribution is -0.123. The molecule has 0 radical (unpaired) electrons. The van der Waals surface area contributed by atoms with E-state index in [1.165, 1.54) is 19.2 Å². The molecule has 1 fully saturated rings. The quantitative estimate of drug-likeness (QED) is 0.257. The highest BCUT2D eigenvalue weighted by atomic mass is 79.9. The molecule has 0 N–H and O–H groups in total. The predicted molar refractivity (Wildman–Crippen MR) is 123 cm³/mol. The smallest absolute Gasteiger partial charge is 0.373 e. The van der Waals surface area contributed by atoms with Crippen LogP contribution in [0.1, 0.15) is 28.8 Å². The Labute approximate surface area is 197 Å². The molecular weight excluding hydrogens is 502 g/mol. The Morgan fingerprint density at radius 1 is 1.25 bits per heavy atom. The van der Waals surface area contributed by atoms with Gasteiger partial charge in [-0.25, -0.2) is 4.79 Å². The summed E-state index contributed by atoms with van der Waals surface area (Å²) in [6, 6.07) is 6.42. The summed E-state index contributed by atoms with van der Waals surface area (Å²) < 4.78 is 21.9. The van der Waals surface area contributed by atoms with Crippen LogP contribution < -0.4 is 9.47 Å². The number of hydrogen-bond donors (Lipinski definition) is 0. The average molecular weight is 522 g/mol. The molecule has 1 saturated heterocycles. The summed E-state index contributed by atoms with van der Waals surface area (Å²) in [6.07, 6.45) is 3.23. The standard InChI is InChI=1S/C22H20BrNO7S/c1-4-8-30-18-11-15(23)13(9-17(18)29-5-2)10-19-20(25)24(22(27)32-19)12-14-6-7-16(31-14)21(26)28-3/h4,6-7,9-11H,1,5,8,12H2,2-3H3/b19-10+. The zero-order valence-electron chi connectivity index (χ0n) is 17.4. The van der Waals surface area contributed by atoms with Gasteiger partial charge in [-0.1, -0.05) is 28.6 Å². The van der Waals surface area contributed by atoms with Crippen LogP contribution in [0.25, 0.3) is 6.08 Å². The third kappa shape index (κ3) is 5.25. The molecule has 2 aromatic rings. The third-order valence-corrected chi connectivity index (χ3v) is 5.84. The van der Waals surface area contributed by atoms with Gasteiger partial charge in [0.25, 0.3) is 11.1 Å². The molecule has 8 nitrogen and oxygen atoms in total. The molecule has 0 atom stereocenters. The Bertz CT molecular complexity index is 1090. The molecule has 32 heavy (non-hydrogen) atoms. The van der Waals surface area contributed by atoms with E-state index in [1.807, 2.05) is 6.92 Å². The van der Waals surface area contributed by atoms with Crippen LogP contribution in [-0.4, -0.2) is 42.3 Å². The van der Waals surface area contributed by atoms with Crippen molar-refractivity contribution in [1.82, 2.24) is 4.90 Å². The molecule has 0 saturated carbocycles. The molecule has 0 bridgehead atoms. The summed E-state index contributed by atoms with van der Waals surface area (Å²) in [6.45, 7) is 6.13. The maximum absolute atomic E-state index is 12.9. The molecule has 0 aliphatic carbocycles. The predicted octanol–water partition coefficient (Wildman–Crippen LogP) is 5.03. The van der Waals surface area contributed by atoms with E-state index in [2.05, 4.69) is 27.2 Å². The Morgan fingerprint density at radius 3 is 2.69 bits per heavy atom. The van der Waals surface area contributed by atoms with E-state index in [9.17, 15) is 14.4 Å². The highest BCUT2D eigenvalue weighted by Gasteiger charge is 2.36. The molecule has 1 aliphatic rings. The Balaban J connectivity index is 1.83. The molecule has 1 aromatic heterocycles. The SMILES string of the molecule is C=CCOc1cc(Br)c(/C=C2/SC(=O)N(Cc3ccc(C(=O)OC)o3)C2=O)cc1OCC. The molecule has 168 valence electrons. The van der Waals surface area contributed by atoms with Crippen LogP contribution in [0.15, 0.2) is 50.7 Å². The number of methoxy groups -OCH3 is 1. The minimum atomic E-state index is -0.638. The van der Waals surface area contributed by atoms with E-state index < -0.39 is 17.1 Å². The van der Waals surface area contributed by atoms with Crippen LogP contribution in [0, 0.1) is 0 Å². The fourth-order valence-corrected chi connectivity index (χ4v) is 4.06. The number of amides is 2. The van der Waals surface area contributed by atoms with Gasteiger partial charge in [0, 0.05) is 4.47 Å². The number of esters is 1. The molecule has 0 spiro atoms. The van der Waals surface area contributed by atoms with Crippen molar-refractivity contribution >= 4 is 50.9 Å². The number of benzene rings is 1. The minimum absolute atomic E-state index is 0.00355. The fourth-order valence-electron chi connectivity index (χ4n) is 2.80. The zero-order valence-corrected chi connectivity index (χ0v) is 19.8. The van der Waals surface area contributed by atoms with E-state index in [0.717, 1.165) is 16.7 Å². The number of halogens is 1. The summed E-state index contributed by atoms with van der Waals surface area (Å²) in [5, 5.41) is -0.440. The van der Waals surface area contributed by atoms with E-state index in [4.69, 9.17) is 13.9 Å². The number of nitrogens with zero attached hydrogens (tertiary/aromatic N) is 1. The van der Waals surface area contributed by atoms with Gasteiger partial charge in [0.05, 0.1) is 25.2 Å². The number of imide groups is 1. The van der Waals surface area contributed by atoms with Crippen molar-refractivity contribution in [1.29, 1.82) is 0 Å². The van der Waals surface area contributed by atoms with Gasteiger partial charge in [-0.05, 0) is 54.6 Å². The number of furan rings is 1. The van der Waals surface area contributed by atoms with Crippen molar-refractivity contribution in [3.63, 3.8) is 0 Å². The normalized spacial score (nSPS) is 14.7. The molecule has 1 aliphatic heterocycles. The first-order valence-corrected chi connectivity index (χ1v) is 11.1. The first-order chi connectivity index (χ1) is 15.4. The first kappa shape index (κ1) is 23.7. The maximum atomic E-state index is 12.9. The molecular formula is C22H20BrNO7S. The Morgan fingerprint density at radius 2 is 2.00 bits per heavy atom. The van der Waals surface area contributed by atoms with Gasteiger partial charge in [-0.3, -0.25) is 14.5 Å². The molecule has 1 aromatic carbocycles. The Kier molecular flexibility index (Phi) is 7.81. The number of carbonyl (C=O) groups excluding carboxylic acids is 3. The second-order valence-electron chi connectivity index (χ2n) is 6.38. The first-order valence-electron chi connectivity index (χ1n) is 9.50. The van der Waals surface area contributed by atoms with Crippen LogP contribution in [-0.2, 0) is 16.1 Å². The summed E-state index contributed by atoms with van der Waals surface area (Å²) >= 11 is 4.29. The molecule has 2 amide bonds. The van der Waals surface area contributed by atoms with Crippen LogP contribution >= 0.6 is 27.7 Å². The van der Waals surface area contributed by atoms with Gasteiger partial charge in [0.15, 0.2) is 11.5 Å². The van der Waals surface area contributed by atoms with E-state index in [-0.39, 0.29) is 23.0 Å². The summed E-state index contributed by atoms with van der Waals surface area (Å²) in [4.78, 5) is 38.1. The largest absolute Gasteiger partial charge is 0.490 e. The maximum Gasteiger partial charge on any atom is 0.373 e. The van der Waals surface area contributed by atoms with Crippen molar-refractivity contribution in [3.05, 3.63) is 63.4 Å². The summed E-state index contributed by atoms with van der Waals surface area (Å²) in [7, 11) is 1.24. The van der Waals surface area contributed by atoms with Gasteiger partial charge >= 0.3 is 5.97 Å². The van der Waals surface area contributed by atoms with E-state index in [0.29, 0.717) is 34.7 Å². The van der Waals surface area contributed by atoms with Gasteiger partial charge in [0.2, 0.25) is 5.76 Å². The molecule has 3 rings (SSSR count). The number of thioether (sulfide) groups is 1. The number of ether oxygens (including phenoxy) is 3. The van der Waals surface area contributed by atoms with Crippen molar-refractivity contribution in [2.24, 2.45) is 0 Å². The molecule has 2 heterocycles. The van der Waals surface area contributed by atoms with Crippen molar-refractivity contribution in [2.75, 3.05) is 20.3 Å². The number of rotatable bonds is 9. The van der Waals surface area contributed by atoms with Crippen LogP contribution in [0.3, 0.4) is 0 Å². The summed E-state index contributed by atoms with van der Waals surface area (Å²) in [5.74, 6) is 0.222. The monoisotopic (exact) mass is 521 g/mol. The van der Waals surface area contributed by atoms with E-state index >= 15 is 0 Å². The zero-order chi connectivity index (χ0) is 23.3. The number of carbonyl (C=O) groups is 3. The lowest BCUT2D eigenvalue weighted by Gasteiger charge is -2.13. The lowest BCUT2D eigenvalue weighted by atomic mass is 10.1. The second-order valence-corrected chi connectivity index (χ2v) is 8.23. The fraction of sp³-hybridized carbons (Fsp3) is 0.227. The summed E-state index contributed by atoms with van der Waals surface area (Å²) in [5.41, 5.74) is 0.649. The lowest BCUT2D eigenvalue weighted by Crippen LogP contribution is -2.27. The van der Waals surface area contributed by atoms with E-state index in [1.54, 1.807) is 24.3 Å². The van der Waals surface area contributed by atoms with Crippen molar-refractivity contribution < 1.29 is 33.0 Å². The van der Waals surface area contributed by atoms with Gasteiger partial charge < -0.3 is 18.6 Å². The topological polar surface area (TPSA) is 95.3 Å². The minimum Gasteiger partial charge on any atom is -0.490 e. The number of hydrogen-bond acceptors (Lipinski definition) is 8. The molecule has 10 heteroatoms. The highest BCUT2D eigenvalue weighted by Crippen LogP contribution is 2.38. The van der Waals surface area contributed by atoms with Crippen molar-refractivity contribution in [3.8, 4) is 11.5 Å². The van der Waals surface area contributed by atoms with Gasteiger partial charge in [-0.2, -0.15) is 0 Å². The van der Waals surface area contributed by atoms with Crippen LogP contribution in [0.2, 0.25) is 0 Å². The van der Waals surface area contributed by atoms with Gasteiger partial charge in [-0.15, -0.1) is 0 Å². The van der Waals surface area contributed by atoms with Gasteiger partial charge in [0.1, 0.15) is 12.4 Å². The van der Waals surface area contributed by atoms with Crippen LogP contribution in [0.4, 0.5) is 4.79 Å². The highest BCUT2D eigenvalue weighted by molar-refractivity contribution is 9.10. The Hall–Kier alpha value is -2.98.